The molecule has 2 aromatic carbocycles. The Morgan fingerprint density at radius 1 is 1.14 bits per heavy atom. The summed E-state index contributed by atoms with van der Waals surface area (Å²) in [6.45, 7) is 4.16. The van der Waals surface area contributed by atoms with Crippen molar-refractivity contribution in [1.82, 2.24) is 0 Å². The quantitative estimate of drug-likeness (QED) is 0.757. The average molecular weight is 284 g/mol. The highest BCUT2D eigenvalue weighted by Gasteiger charge is 2.15. The van der Waals surface area contributed by atoms with Crippen LogP contribution in [-0.2, 0) is 11.3 Å². The SMILES string of the molecule is COc1cccc(COC(C)C(=O)c2ccc(C)cc2)c1. The second kappa shape index (κ2) is 7.04. The van der Waals surface area contributed by atoms with Crippen LogP contribution in [0, 0.1) is 6.92 Å². The largest absolute Gasteiger partial charge is 0.497 e. The first kappa shape index (κ1) is 15.3. The van der Waals surface area contributed by atoms with E-state index in [2.05, 4.69) is 0 Å². The molecule has 0 bridgehead atoms. The minimum atomic E-state index is -0.473. The molecule has 1 atom stereocenters. The summed E-state index contributed by atoms with van der Waals surface area (Å²) in [4.78, 5) is 12.3. The van der Waals surface area contributed by atoms with Crippen LogP contribution in [0.4, 0.5) is 0 Å². The number of ether oxygens (including phenoxy) is 2. The fraction of sp³-hybridized carbons (Fsp3) is 0.278. The van der Waals surface area contributed by atoms with Gasteiger partial charge in [-0.2, -0.15) is 0 Å². The minimum absolute atomic E-state index is 0.00195. The van der Waals surface area contributed by atoms with Gasteiger partial charge in [0.05, 0.1) is 13.7 Å². The maximum absolute atomic E-state index is 12.3. The number of rotatable bonds is 6. The molecule has 0 spiro atoms. The summed E-state index contributed by atoms with van der Waals surface area (Å²) >= 11 is 0. The first-order valence-electron chi connectivity index (χ1n) is 6.95. The van der Waals surface area contributed by atoms with Crippen LogP contribution in [0.1, 0.15) is 28.4 Å². The molecule has 2 rings (SSSR count). The van der Waals surface area contributed by atoms with Gasteiger partial charge in [-0.1, -0.05) is 42.0 Å². The van der Waals surface area contributed by atoms with Crippen molar-refractivity contribution in [2.24, 2.45) is 0 Å². The van der Waals surface area contributed by atoms with Gasteiger partial charge in [-0.15, -0.1) is 0 Å². The van der Waals surface area contributed by atoms with Crippen molar-refractivity contribution in [3.8, 4) is 5.75 Å². The van der Waals surface area contributed by atoms with Crippen LogP contribution >= 0.6 is 0 Å². The Balaban J connectivity index is 1.96. The molecule has 0 aliphatic heterocycles. The Kier molecular flexibility index (Phi) is 5.12. The molecule has 0 fully saturated rings. The zero-order chi connectivity index (χ0) is 15.2. The van der Waals surface area contributed by atoms with Gasteiger partial charge in [-0.3, -0.25) is 4.79 Å². The Morgan fingerprint density at radius 2 is 1.86 bits per heavy atom. The smallest absolute Gasteiger partial charge is 0.191 e. The van der Waals surface area contributed by atoms with Crippen LogP contribution in [0.3, 0.4) is 0 Å². The van der Waals surface area contributed by atoms with Crippen LogP contribution < -0.4 is 4.74 Å². The zero-order valence-corrected chi connectivity index (χ0v) is 12.6. The third-order valence-electron chi connectivity index (χ3n) is 3.34. The van der Waals surface area contributed by atoms with Crippen LogP contribution in [0.5, 0.6) is 5.75 Å². The standard InChI is InChI=1S/C18H20O3/c1-13-7-9-16(10-8-13)18(19)14(2)21-12-15-5-4-6-17(11-15)20-3/h4-11,14H,12H2,1-3H3. The van der Waals surface area contributed by atoms with Crippen molar-refractivity contribution < 1.29 is 14.3 Å². The number of benzene rings is 2. The maximum atomic E-state index is 12.3. The van der Waals surface area contributed by atoms with Crippen LogP contribution in [0.25, 0.3) is 0 Å². The molecular formula is C18H20O3. The first-order valence-corrected chi connectivity index (χ1v) is 6.95. The molecule has 3 nitrogen and oxygen atoms in total. The molecule has 21 heavy (non-hydrogen) atoms. The Labute approximate surface area is 125 Å². The van der Waals surface area contributed by atoms with Crippen molar-refractivity contribution in [1.29, 1.82) is 0 Å². The Bertz CT molecular complexity index is 602. The summed E-state index contributed by atoms with van der Waals surface area (Å²) in [6, 6.07) is 15.2. The van der Waals surface area contributed by atoms with E-state index in [0.717, 1.165) is 16.9 Å². The number of hydrogen-bond acceptors (Lipinski definition) is 3. The average Bonchev–Trinajstić information content (AvgIpc) is 2.53. The molecule has 110 valence electrons. The number of Topliss-reactive ketones (excluding diaryl/α,β-unsaturated/α-hetero) is 1. The molecule has 2 aromatic rings. The monoisotopic (exact) mass is 284 g/mol. The topological polar surface area (TPSA) is 35.5 Å². The van der Waals surface area contributed by atoms with E-state index in [4.69, 9.17) is 9.47 Å². The third kappa shape index (κ3) is 4.17. The van der Waals surface area contributed by atoms with Gasteiger partial charge in [-0.05, 0) is 31.5 Å². The van der Waals surface area contributed by atoms with E-state index in [9.17, 15) is 4.79 Å². The highest BCUT2D eigenvalue weighted by Crippen LogP contribution is 2.15. The zero-order valence-electron chi connectivity index (χ0n) is 12.6. The van der Waals surface area contributed by atoms with Gasteiger partial charge < -0.3 is 9.47 Å². The molecule has 0 aliphatic rings. The van der Waals surface area contributed by atoms with E-state index in [1.54, 1.807) is 14.0 Å². The highest BCUT2D eigenvalue weighted by atomic mass is 16.5. The molecule has 1 unspecified atom stereocenters. The van der Waals surface area contributed by atoms with Crippen molar-refractivity contribution in [2.45, 2.75) is 26.6 Å². The van der Waals surface area contributed by atoms with Gasteiger partial charge in [0.2, 0.25) is 0 Å². The molecule has 0 N–H and O–H groups in total. The summed E-state index contributed by atoms with van der Waals surface area (Å²) < 4.78 is 10.8. The number of ketones is 1. The fourth-order valence-electron chi connectivity index (χ4n) is 2.01. The number of aryl methyl sites for hydroxylation is 1. The van der Waals surface area contributed by atoms with E-state index in [0.29, 0.717) is 12.2 Å². The highest BCUT2D eigenvalue weighted by molar-refractivity contribution is 5.99. The summed E-state index contributed by atoms with van der Waals surface area (Å²) in [6.07, 6.45) is -0.473. The normalized spacial score (nSPS) is 12.0. The van der Waals surface area contributed by atoms with E-state index < -0.39 is 6.10 Å². The molecule has 3 heteroatoms. The van der Waals surface area contributed by atoms with Gasteiger partial charge in [-0.25, -0.2) is 0 Å². The van der Waals surface area contributed by atoms with Crippen LogP contribution in [-0.4, -0.2) is 19.0 Å². The van der Waals surface area contributed by atoms with Crippen LogP contribution in [0.15, 0.2) is 48.5 Å². The lowest BCUT2D eigenvalue weighted by Gasteiger charge is -2.13. The van der Waals surface area contributed by atoms with Crippen molar-refractivity contribution in [3.05, 3.63) is 65.2 Å². The molecule has 0 heterocycles. The summed E-state index contributed by atoms with van der Waals surface area (Å²) in [5, 5.41) is 0. The van der Waals surface area contributed by atoms with Crippen molar-refractivity contribution in [3.63, 3.8) is 0 Å². The van der Waals surface area contributed by atoms with E-state index >= 15 is 0 Å². The first-order chi connectivity index (χ1) is 10.1. The second-order valence-electron chi connectivity index (χ2n) is 5.04. The molecule has 0 amide bonds. The van der Waals surface area contributed by atoms with E-state index in [1.807, 2.05) is 55.5 Å². The lowest BCUT2D eigenvalue weighted by molar-refractivity contribution is 0.0412. The van der Waals surface area contributed by atoms with E-state index in [1.165, 1.54) is 0 Å². The molecule has 0 aromatic heterocycles. The summed E-state index contributed by atoms with van der Waals surface area (Å²) in [5.41, 5.74) is 2.80. The minimum Gasteiger partial charge on any atom is -0.497 e. The molecule has 0 radical (unpaired) electrons. The summed E-state index contributed by atoms with van der Waals surface area (Å²) in [5.74, 6) is 0.784. The molecule has 0 aliphatic carbocycles. The lowest BCUT2D eigenvalue weighted by Crippen LogP contribution is -2.20. The van der Waals surface area contributed by atoms with Gasteiger partial charge in [0.15, 0.2) is 5.78 Å². The number of carbonyl (C=O) groups excluding carboxylic acids is 1. The summed E-state index contributed by atoms with van der Waals surface area (Å²) in [7, 11) is 1.63. The molecule has 0 saturated carbocycles. The van der Waals surface area contributed by atoms with E-state index in [-0.39, 0.29) is 5.78 Å². The fourth-order valence-corrected chi connectivity index (χ4v) is 2.01. The maximum Gasteiger partial charge on any atom is 0.191 e. The predicted octanol–water partition coefficient (Wildman–Crippen LogP) is 3.79. The predicted molar refractivity (Wildman–Crippen MR) is 82.8 cm³/mol. The second-order valence-corrected chi connectivity index (χ2v) is 5.04. The molecule has 0 saturated heterocycles. The number of carbonyl (C=O) groups is 1. The van der Waals surface area contributed by atoms with Gasteiger partial charge in [0.25, 0.3) is 0 Å². The van der Waals surface area contributed by atoms with Crippen molar-refractivity contribution in [2.75, 3.05) is 7.11 Å². The van der Waals surface area contributed by atoms with Crippen molar-refractivity contribution >= 4 is 5.78 Å². The van der Waals surface area contributed by atoms with Gasteiger partial charge in [0.1, 0.15) is 11.9 Å². The number of methoxy groups -OCH3 is 1. The van der Waals surface area contributed by atoms with Gasteiger partial charge >= 0.3 is 0 Å². The lowest BCUT2D eigenvalue weighted by atomic mass is 10.1. The third-order valence-corrected chi connectivity index (χ3v) is 3.34. The molecular weight excluding hydrogens is 264 g/mol. The number of hydrogen-bond donors (Lipinski definition) is 0. The van der Waals surface area contributed by atoms with Crippen LogP contribution in [0.2, 0.25) is 0 Å². The Morgan fingerprint density at radius 3 is 2.52 bits per heavy atom. The van der Waals surface area contributed by atoms with Gasteiger partial charge in [0, 0.05) is 5.56 Å². The Hall–Kier alpha value is -2.13.